The Morgan fingerprint density at radius 3 is 2.74 bits per heavy atom. The number of carbonyl (C=O) groups excluding carboxylic acids is 2. The minimum absolute atomic E-state index is 0.0208. The van der Waals surface area contributed by atoms with E-state index in [1.807, 2.05) is 13.8 Å². The molecule has 2 aromatic carbocycles. The van der Waals surface area contributed by atoms with Crippen molar-refractivity contribution in [2.24, 2.45) is 0 Å². The smallest absolute Gasteiger partial charge is 0.301 e. The molecule has 0 saturated carbocycles. The van der Waals surface area contributed by atoms with Gasteiger partial charge in [0.2, 0.25) is 5.13 Å². The molecule has 1 saturated heterocycles. The number of hydrogen-bond acceptors (Lipinski definition) is 9. The number of aryl methyl sites for hydroxylation is 1. The summed E-state index contributed by atoms with van der Waals surface area (Å²) in [5.74, 6) is -0.205. The fraction of sp³-hybridized carbons (Fsp3) is 0.286. The van der Waals surface area contributed by atoms with E-state index in [-0.39, 0.29) is 29.2 Å². The second kappa shape index (κ2) is 10.3. The number of hydrogen-bond donors (Lipinski definition) is 1. The fourth-order valence-corrected chi connectivity index (χ4v) is 5.40. The number of nitrogens with zero attached hydrogens (tertiary/aromatic N) is 3. The van der Waals surface area contributed by atoms with E-state index in [1.165, 1.54) is 16.2 Å². The molecular weight excluding hydrogens is 506 g/mol. The molecule has 9 nitrogen and oxygen atoms in total. The lowest BCUT2D eigenvalue weighted by molar-refractivity contribution is -0.132. The molecule has 0 unspecified atom stereocenters. The molecule has 0 radical (unpaired) electrons. The monoisotopic (exact) mass is 533 g/mol. The molecule has 0 bridgehead atoms. The summed E-state index contributed by atoms with van der Waals surface area (Å²) in [6, 6.07) is 9.46. The van der Waals surface area contributed by atoms with Crippen molar-refractivity contribution >= 4 is 33.9 Å². The first-order valence-electron chi connectivity index (χ1n) is 12.2. The van der Waals surface area contributed by atoms with Gasteiger partial charge in [-0.1, -0.05) is 30.1 Å². The molecule has 2 aliphatic rings. The molecular formula is C28H27N3O6S. The van der Waals surface area contributed by atoms with Gasteiger partial charge in [-0.25, -0.2) is 0 Å². The Labute approximate surface area is 224 Å². The third-order valence-electron chi connectivity index (χ3n) is 6.28. The largest absolute Gasteiger partial charge is 0.507 e. The third-order valence-corrected chi connectivity index (χ3v) is 7.11. The van der Waals surface area contributed by atoms with E-state index in [4.69, 9.17) is 14.2 Å². The van der Waals surface area contributed by atoms with Crippen molar-refractivity contribution in [3.05, 3.63) is 76.3 Å². The van der Waals surface area contributed by atoms with E-state index < -0.39 is 17.7 Å². The van der Waals surface area contributed by atoms with Crippen LogP contribution in [0.5, 0.6) is 17.2 Å². The quantitative estimate of drug-likeness (QED) is 0.191. The van der Waals surface area contributed by atoms with Gasteiger partial charge in [0.25, 0.3) is 5.78 Å². The molecule has 2 aliphatic heterocycles. The fourth-order valence-electron chi connectivity index (χ4n) is 4.68. The summed E-state index contributed by atoms with van der Waals surface area (Å²) in [5, 5.41) is 20.6. The highest BCUT2D eigenvalue weighted by molar-refractivity contribution is 7.15. The van der Waals surface area contributed by atoms with Gasteiger partial charge in [0, 0.05) is 12.0 Å². The minimum atomic E-state index is -0.960. The maximum atomic E-state index is 13.5. The topological polar surface area (TPSA) is 111 Å². The lowest BCUT2D eigenvalue weighted by Gasteiger charge is -2.23. The molecule has 1 amide bonds. The number of amides is 1. The Morgan fingerprint density at radius 2 is 2.03 bits per heavy atom. The van der Waals surface area contributed by atoms with Gasteiger partial charge in [-0.05, 0) is 62.2 Å². The van der Waals surface area contributed by atoms with Gasteiger partial charge in [0.15, 0.2) is 11.5 Å². The summed E-state index contributed by atoms with van der Waals surface area (Å²) < 4.78 is 17.3. The first kappa shape index (κ1) is 25.5. The summed E-state index contributed by atoms with van der Waals surface area (Å²) in [6.07, 6.45) is 2.33. The molecule has 0 spiro atoms. The predicted octanol–water partition coefficient (Wildman–Crippen LogP) is 4.76. The number of aromatic nitrogens is 2. The number of carbonyl (C=O) groups is 2. The van der Waals surface area contributed by atoms with Gasteiger partial charge < -0.3 is 19.3 Å². The number of ketones is 1. The Kier molecular flexibility index (Phi) is 6.90. The SMILES string of the molecule is C=CCOc1ccc([C@H]2C(=C(O)c3ccc4c(c3)C[C@@H](C)O4)C(=O)C(=O)N2c2nnc(C)s2)cc1OCC. The molecule has 3 aromatic rings. The summed E-state index contributed by atoms with van der Waals surface area (Å²) in [7, 11) is 0. The van der Waals surface area contributed by atoms with Gasteiger partial charge in [0.1, 0.15) is 29.2 Å². The van der Waals surface area contributed by atoms with Crippen LogP contribution in [0.2, 0.25) is 0 Å². The van der Waals surface area contributed by atoms with E-state index in [0.29, 0.717) is 40.7 Å². The zero-order valence-electron chi connectivity index (χ0n) is 21.3. The Hall–Kier alpha value is -4.18. The highest BCUT2D eigenvalue weighted by atomic mass is 32.1. The van der Waals surface area contributed by atoms with Crippen LogP contribution >= 0.6 is 11.3 Å². The summed E-state index contributed by atoms with van der Waals surface area (Å²) in [4.78, 5) is 28.1. The van der Waals surface area contributed by atoms with Crippen LogP contribution in [0, 0.1) is 6.92 Å². The number of aliphatic hydroxyl groups is 1. The molecule has 1 aromatic heterocycles. The zero-order valence-corrected chi connectivity index (χ0v) is 22.1. The van der Waals surface area contributed by atoms with Crippen LogP contribution < -0.4 is 19.1 Å². The molecule has 5 rings (SSSR count). The van der Waals surface area contributed by atoms with Gasteiger partial charge >= 0.3 is 5.91 Å². The number of Topliss-reactive ketones (excluding diaryl/α,β-unsaturated/α-hetero) is 1. The van der Waals surface area contributed by atoms with Crippen molar-refractivity contribution in [3.8, 4) is 17.2 Å². The van der Waals surface area contributed by atoms with Gasteiger partial charge in [-0.15, -0.1) is 10.2 Å². The van der Waals surface area contributed by atoms with Gasteiger partial charge in [0.05, 0.1) is 18.2 Å². The number of fused-ring (bicyclic) bond motifs is 1. The lowest BCUT2D eigenvalue weighted by Crippen LogP contribution is -2.29. The van der Waals surface area contributed by atoms with Crippen molar-refractivity contribution in [1.29, 1.82) is 0 Å². The maximum Gasteiger partial charge on any atom is 0.301 e. The molecule has 196 valence electrons. The first-order chi connectivity index (χ1) is 18.3. The van der Waals surface area contributed by atoms with E-state index in [2.05, 4.69) is 16.8 Å². The summed E-state index contributed by atoms with van der Waals surface area (Å²) in [5.41, 5.74) is 1.85. The Morgan fingerprint density at radius 1 is 1.21 bits per heavy atom. The van der Waals surface area contributed by atoms with Crippen molar-refractivity contribution < 1.29 is 28.9 Å². The zero-order chi connectivity index (χ0) is 27.0. The standard InChI is InChI=1S/C28H27N3O6S/c1-5-11-36-21-10-7-17(14-22(21)35-6-2)24-23(26(33)27(34)31(24)28-30-29-16(4)38-28)25(32)18-8-9-20-19(13-18)12-15(3)37-20/h5,7-10,13-15,24,32H,1,6,11-12H2,2-4H3/t15-,24+/m1/s1. The summed E-state index contributed by atoms with van der Waals surface area (Å²) >= 11 is 1.19. The molecule has 1 fully saturated rings. The van der Waals surface area contributed by atoms with Crippen LogP contribution in [0.15, 0.2) is 54.6 Å². The van der Waals surface area contributed by atoms with E-state index >= 15 is 0 Å². The number of anilines is 1. The van der Waals surface area contributed by atoms with Crippen LogP contribution in [0.1, 0.15) is 41.6 Å². The Balaban J connectivity index is 1.67. The van der Waals surface area contributed by atoms with Crippen LogP contribution in [0.3, 0.4) is 0 Å². The number of ether oxygens (including phenoxy) is 3. The van der Waals surface area contributed by atoms with E-state index in [1.54, 1.807) is 49.4 Å². The van der Waals surface area contributed by atoms with Crippen LogP contribution in [-0.2, 0) is 16.0 Å². The highest BCUT2D eigenvalue weighted by Crippen LogP contribution is 2.45. The molecule has 38 heavy (non-hydrogen) atoms. The van der Waals surface area contributed by atoms with E-state index in [9.17, 15) is 14.7 Å². The molecule has 3 heterocycles. The highest BCUT2D eigenvalue weighted by Gasteiger charge is 2.48. The average Bonchev–Trinajstić information content (AvgIpc) is 3.57. The number of aliphatic hydroxyl groups excluding tert-OH is 1. The Bertz CT molecular complexity index is 1460. The van der Waals surface area contributed by atoms with Crippen LogP contribution in [-0.4, -0.2) is 46.3 Å². The van der Waals surface area contributed by atoms with Crippen molar-refractivity contribution in [2.45, 2.75) is 39.3 Å². The van der Waals surface area contributed by atoms with Crippen LogP contribution in [0.25, 0.3) is 5.76 Å². The lowest BCUT2D eigenvalue weighted by atomic mass is 9.94. The average molecular weight is 534 g/mol. The van der Waals surface area contributed by atoms with Crippen molar-refractivity contribution in [2.75, 3.05) is 18.1 Å². The van der Waals surface area contributed by atoms with Gasteiger partial charge in [-0.3, -0.25) is 14.5 Å². The van der Waals surface area contributed by atoms with Gasteiger partial charge in [-0.2, -0.15) is 0 Å². The van der Waals surface area contributed by atoms with Crippen molar-refractivity contribution in [1.82, 2.24) is 10.2 Å². The number of benzene rings is 2. The predicted molar refractivity (Wildman–Crippen MR) is 143 cm³/mol. The van der Waals surface area contributed by atoms with Crippen LogP contribution in [0.4, 0.5) is 5.13 Å². The number of rotatable bonds is 8. The molecule has 1 N–H and O–H groups in total. The maximum absolute atomic E-state index is 13.5. The first-order valence-corrected chi connectivity index (χ1v) is 13.1. The van der Waals surface area contributed by atoms with Crippen molar-refractivity contribution in [3.63, 3.8) is 0 Å². The third kappa shape index (κ3) is 4.51. The van der Waals surface area contributed by atoms with E-state index in [0.717, 1.165) is 11.3 Å². The normalized spacial score (nSPS) is 19.8. The molecule has 2 atom stereocenters. The summed E-state index contributed by atoms with van der Waals surface area (Å²) in [6.45, 7) is 9.91. The second-order valence-electron chi connectivity index (χ2n) is 8.97. The second-order valence-corrected chi connectivity index (χ2v) is 10.1. The molecule has 0 aliphatic carbocycles. The molecule has 10 heteroatoms. The minimum Gasteiger partial charge on any atom is -0.507 e.